The first-order valence-corrected chi connectivity index (χ1v) is 7.68. The molecule has 0 amide bonds. The summed E-state index contributed by atoms with van der Waals surface area (Å²) >= 11 is 0. The Kier molecular flexibility index (Phi) is 3.75. The number of nitrogens with zero attached hydrogens (tertiary/aromatic N) is 4. The molecule has 1 atom stereocenters. The van der Waals surface area contributed by atoms with E-state index < -0.39 is 5.60 Å². The van der Waals surface area contributed by atoms with E-state index >= 15 is 0 Å². The van der Waals surface area contributed by atoms with Crippen LogP contribution in [0.3, 0.4) is 0 Å². The Hall–Kier alpha value is -2.13. The molecule has 0 saturated heterocycles. The van der Waals surface area contributed by atoms with Gasteiger partial charge in [0.2, 0.25) is 0 Å². The van der Waals surface area contributed by atoms with Gasteiger partial charge in [-0.1, -0.05) is 37.5 Å². The van der Waals surface area contributed by atoms with Crippen LogP contribution in [0.15, 0.2) is 6.33 Å². The lowest BCUT2D eigenvalue weighted by Gasteiger charge is -2.20. The molecule has 0 bridgehead atoms. The molecule has 1 fully saturated rings. The zero-order valence-corrected chi connectivity index (χ0v) is 13.0. The van der Waals surface area contributed by atoms with Gasteiger partial charge in [-0.15, -0.1) is 0 Å². The summed E-state index contributed by atoms with van der Waals surface area (Å²) in [7, 11) is 0. The van der Waals surface area contributed by atoms with Gasteiger partial charge in [-0.05, 0) is 26.2 Å². The van der Waals surface area contributed by atoms with Gasteiger partial charge in [0.05, 0.1) is 11.3 Å². The molecule has 0 aromatic carbocycles. The van der Waals surface area contributed by atoms with Crippen molar-refractivity contribution in [2.75, 3.05) is 5.73 Å². The fraction of sp³-hybridized carbons (Fsp3) is 0.562. The molecule has 116 valence electrons. The second-order valence-corrected chi connectivity index (χ2v) is 6.31. The lowest BCUT2D eigenvalue weighted by Crippen LogP contribution is -2.24. The first-order valence-electron chi connectivity index (χ1n) is 7.68. The van der Waals surface area contributed by atoms with Gasteiger partial charge in [-0.3, -0.25) is 0 Å². The Bertz CT molecular complexity index is 747. The van der Waals surface area contributed by atoms with Crippen LogP contribution in [0.25, 0.3) is 5.78 Å². The molecular weight excluding hydrogens is 278 g/mol. The third kappa shape index (κ3) is 2.90. The predicted octanol–water partition coefficient (Wildman–Crippen LogP) is 1.70. The van der Waals surface area contributed by atoms with Crippen LogP contribution in [0.2, 0.25) is 0 Å². The van der Waals surface area contributed by atoms with Crippen LogP contribution >= 0.6 is 0 Å². The molecule has 6 nitrogen and oxygen atoms in total. The molecule has 1 unspecified atom stereocenters. The van der Waals surface area contributed by atoms with E-state index in [9.17, 15) is 5.11 Å². The van der Waals surface area contributed by atoms with Crippen LogP contribution < -0.4 is 5.73 Å². The topological polar surface area (TPSA) is 89.3 Å². The predicted molar refractivity (Wildman–Crippen MR) is 84.0 cm³/mol. The fourth-order valence-corrected chi connectivity index (χ4v) is 3.16. The van der Waals surface area contributed by atoms with Crippen LogP contribution in [0.4, 0.5) is 5.82 Å². The van der Waals surface area contributed by atoms with Gasteiger partial charge in [-0.25, -0.2) is 4.98 Å². The van der Waals surface area contributed by atoms with Gasteiger partial charge in [0.1, 0.15) is 17.7 Å². The summed E-state index contributed by atoms with van der Waals surface area (Å²) in [6.45, 7) is 3.60. The minimum Gasteiger partial charge on any atom is -0.382 e. The number of hydrogen-bond donors (Lipinski definition) is 2. The first-order chi connectivity index (χ1) is 10.5. The van der Waals surface area contributed by atoms with Crippen molar-refractivity contribution >= 4 is 11.6 Å². The Morgan fingerprint density at radius 3 is 2.91 bits per heavy atom. The summed E-state index contributed by atoms with van der Waals surface area (Å²) in [5.41, 5.74) is 6.38. The molecule has 1 aliphatic rings. The Morgan fingerprint density at radius 2 is 2.18 bits per heavy atom. The number of nitrogens with two attached hydrogens (primary N) is 1. The molecule has 2 aromatic rings. The number of aromatic nitrogens is 4. The Labute approximate surface area is 129 Å². The van der Waals surface area contributed by atoms with Gasteiger partial charge in [-0.2, -0.15) is 14.6 Å². The maximum absolute atomic E-state index is 10.5. The normalized spacial score (nSPS) is 18.1. The van der Waals surface area contributed by atoms with Crippen molar-refractivity contribution in [3.8, 4) is 11.8 Å². The van der Waals surface area contributed by atoms with Crippen molar-refractivity contribution in [2.45, 2.75) is 51.6 Å². The molecule has 3 rings (SSSR count). The van der Waals surface area contributed by atoms with Gasteiger partial charge in [0.15, 0.2) is 0 Å². The summed E-state index contributed by atoms with van der Waals surface area (Å²) in [4.78, 5) is 8.35. The number of aryl methyl sites for hydroxylation is 1. The van der Waals surface area contributed by atoms with Crippen LogP contribution in [-0.4, -0.2) is 30.3 Å². The van der Waals surface area contributed by atoms with Crippen molar-refractivity contribution in [2.24, 2.45) is 5.92 Å². The molecule has 3 N–H and O–H groups in total. The second kappa shape index (κ2) is 5.58. The van der Waals surface area contributed by atoms with Crippen molar-refractivity contribution in [1.82, 2.24) is 19.6 Å². The van der Waals surface area contributed by atoms with Gasteiger partial charge in [0, 0.05) is 0 Å². The molecule has 0 radical (unpaired) electrons. The molecular formula is C16H21N5O. The van der Waals surface area contributed by atoms with Crippen LogP contribution in [-0.2, 0) is 0 Å². The highest BCUT2D eigenvalue weighted by molar-refractivity contribution is 5.57. The zero-order valence-electron chi connectivity index (χ0n) is 13.0. The quantitative estimate of drug-likeness (QED) is 0.824. The standard InChI is InChI=1S/C16H21N5O/c1-11-13(14(17)21-15(20-11)18-10-19-21)7-8-16(2,22)9-12-5-3-4-6-12/h10,12,22H,3-6,9,17H2,1-2H3. The van der Waals surface area contributed by atoms with E-state index in [-0.39, 0.29) is 0 Å². The monoisotopic (exact) mass is 299 g/mol. The third-order valence-electron chi connectivity index (χ3n) is 4.26. The summed E-state index contributed by atoms with van der Waals surface area (Å²) in [5.74, 6) is 7.40. The summed E-state index contributed by atoms with van der Waals surface area (Å²) in [5, 5.41) is 14.6. The highest BCUT2D eigenvalue weighted by Gasteiger charge is 2.25. The number of fused-ring (bicyclic) bond motifs is 1. The molecule has 2 heterocycles. The average molecular weight is 299 g/mol. The largest absolute Gasteiger partial charge is 0.382 e. The first kappa shape index (κ1) is 14.8. The highest BCUT2D eigenvalue weighted by Crippen LogP contribution is 2.31. The zero-order chi connectivity index (χ0) is 15.7. The van der Waals surface area contributed by atoms with E-state index in [1.807, 2.05) is 6.92 Å². The van der Waals surface area contributed by atoms with Gasteiger partial charge in [0.25, 0.3) is 5.78 Å². The van der Waals surface area contributed by atoms with Crippen LogP contribution in [0, 0.1) is 24.7 Å². The highest BCUT2D eigenvalue weighted by atomic mass is 16.3. The lowest BCUT2D eigenvalue weighted by atomic mass is 9.91. The smallest absolute Gasteiger partial charge is 0.254 e. The van der Waals surface area contributed by atoms with E-state index in [1.54, 1.807) is 6.92 Å². The Morgan fingerprint density at radius 1 is 1.45 bits per heavy atom. The fourth-order valence-electron chi connectivity index (χ4n) is 3.16. The summed E-state index contributed by atoms with van der Waals surface area (Å²) < 4.78 is 1.46. The number of hydrogen-bond acceptors (Lipinski definition) is 5. The molecule has 22 heavy (non-hydrogen) atoms. The number of anilines is 1. The van der Waals surface area contributed by atoms with Crippen molar-refractivity contribution in [3.63, 3.8) is 0 Å². The van der Waals surface area contributed by atoms with E-state index in [4.69, 9.17) is 5.73 Å². The number of nitrogen functional groups attached to an aromatic ring is 1. The SMILES string of the molecule is Cc1nc2ncnn2c(N)c1C#CC(C)(O)CC1CCCC1. The number of aliphatic hydroxyl groups is 1. The molecule has 0 spiro atoms. The second-order valence-electron chi connectivity index (χ2n) is 6.31. The van der Waals surface area contributed by atoms with E-state index in [0.29, 0.717) is 35.2 Å². The van der Waals surface area contributed by atoms with Gasteiger partial charge >= 0.3 is 0 Å². The maximum atomic E-state index is 10.5. The van der Waals surface area contributed by atoms with E-state index in [0.717, 1.165) is 0 Å². The van der Waals surface area contributed by atoms with Crippen molar-refractivity contribution in [3.05, 3.63) is 17.6 Å². The molecule has 0 aliphatic heterocycles. The summed E-state index contributed by atoms with van der Waals surface area (Å²) in [6.07, 6.45) is 7.00. The van der Waals surface area contributed by atoms with Crippen molar-refractivity contribution < 1.29 is 5.11 Å². The van der Waals surface area contributed by atoms with E-state index in [1.165, 1.54) is 36.5 Å². The van der Waals surface area contributed by atoms with Crippen LogP contribution in [0.1, 0.15) is 50.3 Å². The van der Waals surface area contributed by atoms with Gasteiger partial charge < -0.3 is 10.8 Å². The minimum absolute atomic E-state index is 0.407. The number of rotatable bonds is 2. The molecule has 6 heteroatoms. The molecule has 1 saturated carbocycles. The van der Waals surface area contributed by atoms with Crippen molar-refractivity contribution in [1.29, 1.82) is 0 Å². The van der Waals surface area contributed by atoms with Crippen LogP contribution in [0.5, 0.6) is 0 Å². The van der Waals surface area contributed by atoms with E-state index in [2.05, 4.69) is 26.9 Å². The maximum Gasteiger partial charge on any atom is 0.254 e. The molecule has 1 aliphatic carbocycles. The summed E-state index contributed by atoms with van der Waals surface area (Å²) in [6, 6.07) is 0. The third-order valence-corrected chi connectivity index (χ3v) is 4.26. The molecule has 2 aromatic heterocycles. The lowest BCUT2D eigenvalue weighted by molar-refractivity contribution is 0.0926. The Balaban J connectivity index is 1.89. The minimum atomic E-state index is -1.01. The average Bonchev–Trinajstić information content (AvgIpc) is 3.09.